The summed E-state index contributed by atoms with van der Waals surface area (Å²) in [6.45, 7) is 1.60. The number of hydrogen-bond donors (Lipinski definition) is 2. The van der Waals surface area contributed by atoms with Crippen LogP contribution in [0, 0.1) is 17.0 Å². The molecule has 1 aromatic carbocycles. The second-order valence-electron chi connectivity index (χ2n) is 4.19. The normalized spacial score (nSPS) is 10.1. The van der Waals surface area contributed by atoms with E-state index in [0.717, 1.165) is 0 Å². The summed E-state index contributed by atoms with van der Waals surface area (Å²) in [5.74, 6) is -0.425. The molecule has 3 N–H and O–H groups in total. The van der Waals surface area contributed by atoms with Gasteiger partial charge in [0.05, 0.1) is 4.92 Å². The van der Waals surface area contributed by atoms with E-state index in [-0.39, 0.29) is 11.4 Å². The van der Waals surface area contributed by atoms with Crippen molar-refractivity contribution in [3.63, 3.8) is 0 Å². The van der Waals surface area contributed by atoms with Crippen LogP contribution in [-0.2, 0) is 0 Å². The minimum Gasteiger partial charge on any atom is -0.399 e. The first kappa shape index (κ1) is 13.5. The number of carbonyl (C=O) groups excluding carboxylic acids is 1. The number of benzene rings is 1. The lowest BCUT2D eigenvalue weighted by molar-refractivity contribution is -0.385. The summed E-state index contributed by atoms with van der Waals surface area (Å²) in [7, 11) is 0. The van der Waals surface area contributed by atoms with Crippen molar-refractivity contribution in [3.8, 4) is 0 Å². The van der Waals surface area contributed by atoms with E-state index in [9.17, 15) is 14.9 Å². The van der Waals surface area contributed by atoms with Gasteiger partial charge in [0.2, 0.25) is 0 Å². The molecule has 0 atom stereocenters. The van der Waals surface area contributed by atoms with Gasteiger partial charge in [0, 0.05) is 29.2 Å². The third kappa shape index (κ3) is 2.89. The average Bonchev–Trinajstić information content (AvgIpc) is 2.38. The fourth-order valence-electron chi connectivity index (χ4n) is 1.70. The van der Waals surface area contributed by atoms with Crippen LogP contribution in [0.5, 0.6) is 0 Å². The molecule has 0 bridgehead atoms. The van der Waals surface area contributed by atoms with Gasteiger partial charge in [-0.15, -0.1) is 0 Å². The van der Waals surface area contributed by atoms with Gasteiger partial charge >= 0.3 is 0 Å². The lowest BCUT2D eigenvalue weighted by Crippen LogP contribution is -2.14. The Balaban J connectivity index is 2.20. The van der Waals surface area contributed by atoms with Crippen molar-refractivity contribution in [1.29, 1.82) is 0 Å². The van der Waals surface area contributed by atoms with Crippen LogP contribution in [0.2, 0.25) is 0 Å². The quantitative estimate of drug-likeness (QED) is 0.656. The minimum atomic E-state index is -0.472. The fraction of sp³-hybridized carbons (Fsp3) is 0.0769. The van der Waals surface area contributed by atoms with Gasteiger partial charge in [0.1, 0.15) is 5.69 Å². The maximum atomic E-state index is 11.9. The molecule has 0 radical (unpaired) electrons. The number of amides is 1. The highest BCUT2D eigenvalue weighted by atomic mass is 16.6. The van der Waals surface area contributed by atoms with Crippen LogP contribution in [-0.4, -0.2) is 15.8 Å². The molecule has 1 aromatic heterocycles. The molecule has 7 nitrogen and oxygen atoms in total. The van der Waals surface area contributed by atoms with Crippen LogP contribution in [0.25, 0.3) is 0 Å². The number of nitro groups is 1. The van der Waals surface area contributed by atoms with Gasteiger partial charge < -0.3 is 11.1 Å². The first-order valence-electron chi connectivity index (χ1n) is 5.75. The topological polar surface area (TPSA) is 111 Å². The second-order valence-corrected chi connectivity index (χ2v) is 4.19. The Morgan fingerprint density at radius 3 is 2.70 bits per heavy atom. The fourth-order valence-corrected chi connectivity index (χ4v) is 1.70. The van der Waals surface area contributed by atoms with Crippen molar-refractivity contribution in [2.75, 3.05) is 11.1 Å². The molecule has 0 unspecified atom stereocenters. The van der Waals surface area contributed by atoms with Crippen LogP contribution in [0.3, 0.4) is 0 Å². The van der Waals surface area contributed by atoms with E-state index in [1.807, 2.05) is 0 Å². The van der Waals surface area contributed by atoms with Gasteiger partial charge in [0.25, 0.3) is 11.6 Å². The van der Waals surface area contributed by atoms with Crippen LogP contribution in [0.1, 0.15) is 16.1 Å². The van der Waals surface area contributed by atoms with E-state index >= 15 is 0 Å². The maximum absolute atomic E-state index is 11.9. The Morgan fingerprint density at radius 1 is 1.35 bits per heavy atom. The minimum absolute atomic E-state index is 0.00470. The molecule has 7 heteroatoms. The second kappa shape index (κ2) is 5.35. The van der Waals surface area contributed by atoms with Gasteiger partial charge in [-0.2, -0.15) is 0 Å². The molecule has 102 valence electrons. The third-order valence-corrected chi connectivity index (χ3v) is 2.67. The van der Waals surface area contributed by atoms with E-state index in [0.29, 0.717) is 16.9 Å². The number of nitrogens with one attached hydrogen (secondary N) is 1. The highest BCUT2D eigenvalue weighted by molar-refractivity contribution is 6.03. The first-order chi connectivity index (χ1) is 9.47. The van der Waals surface area contributed by atoms with Crippen molar-refractivity contribution in [1.82, 2.24) is 4.98 Å². The number of anilines is 2. The Labute approximate surface area is 114 Å². The van der Waals surface area contributed by atoms with E-state index < -0.39 is 10.8 Å². The molecule has 0 fully saturated rings. The van der Waals surface area contributed by atoms with Crippen LogP contribution >= 0.6 is 0 Å². The summed E-state index contributed by atoms with van der Waals surface area (Å²) < 4.78 is 0. The summed E-state index contributed by atoms with van der Waals surface area (Å²) in [5, 5.41) is 13.3. The molecule has 0 saturated carbocycles. The van der Waals surface area contributed by atoms with E-state index in [2.05, 4.69) is 10.3 Å². The molecule has 20 heavy (non-hydrogen) atoms. The molecule has 0 saturated heterocycles. The molecular weight excluding hydrogens is 260 g/mol. The van der Waals surface area contributed by atoms with Gasteiger partial charge in [-0.25, -0.2) is 0 Å². The molecule has 1 amide bonds. The lowest BCUT2D eigenvalue weighted by Gasteiger charge is -2.06. The van der Waals surface area contributed by atoms with E-state index in [4.69, 9.17) is 5.73 Å². The van der Waals surface area contributed by atoms with Gasteiger partial charge in [-0.05, 0) is 31.2 Å². The number of pyridine rings is 1. The van der Waals surface area contributed by atoms with Crippen molar-refractivity contribution in [2.24, 2.45) is 0 Å². The standard InChI is InChI=1S/C13H12N4O3/c1-8-6-10(2-3-12(8)17(19)20)16-13(18)11-7-9(14)4-5-15-11/h2-7H,1H3,(H2,14,15)(H,16,18). The van der Waals surface area contributed by atoms with Crippen molar-refractivity contribution in [3.05, 3.63) is 57.9 Å². The van der Waals surface area contributed by atoms with E-state index in [1.54, 1.807) is 13.0 Å². The zero-order valence-corrected chi connectivity index (χ0v) is 10.7. The average molecular weight is 272 g/mol. The molecule has 0 aliphatic carbocycles. The number of nitrogens with zero attached hydrogens (tertiary/aromatic N) is 2. The number of rotatable bonds is 3. The smallest absolute Gasteiger partial charge is 0.274 e. The SMILES string of the molecule is Cc1cc(NC(=O)c2cc(N)ccn2)ccc1[N+](=O)[O-]. The maximum Gasteiger partial charge on any atom is 0.274 e. The largest absolute Gasteiger partial charge is 0.399 e. The zero-order chi connectivity index (χ0) is 14.7. The first-order valence-corrected chi connectivity index (χ1v) is 5.75. The number of aryl methyl sites for hydroxylation is 1. The van der Waals surface area contributed by atoms with Crippen LogP contribution in [0.15, 0.2) is 36.5 Å². The highest BCUT2D eigenvalue weighted by Gasteiger charge is 2.12. The molecule has 0 aliphatic rings. The Morgan fingerprint density at radius 2 is 2.10 bits per heavy atom. The molecule has 0 aliphatic heterocycles. The number of hydrogen-bond acceptors (Lipinski definition) is 5. The van der Waals surface area contributed by atoms with Crippen molar-refractivity contribution in [2.45, 2.75) is 6.92 Å². The Kier molecular flexibility index (Phi) is 3.60. The number of nitrogen functional groups attached to an aromatic ring is 1. The monoisotopic (exact) mass is 272 g/mol. The summed E-state index contributed by atoms with van der Waals surface area (Å²) in [5.41, 5.74) is 7.12. The molecular formula is C13H12N4O3. The molecule has 1 heterocycles. The van der Waals surface area contributed by atoms with Crippen LogP contribution < -0.4 is 11.1 Å². The number of aromatic nitrogens is 1. The van der Waals surface area contributed by atoms with E-state index in [1.165, 1.54) is 30.5 Å². The summed E-state index contributed by atoms with van der Waals surface area (Å²) in [4.78, 5) is 26.1. The molecule has 0 spiro atoms. The molecule has 2 rings (SSSR count). The predicted molar refractivity (Wildman–Crippen MR) is 74.4 cm³/mol. The highest BCUT2D eigenvalue weighted by Crippen LogP contribution is 2.21. The summed E-state index contributed by atoms with van der Waals surface area (Å²) >= 11 is 0. The van der Waals surface area contributed by atoms with Gasteiger partial charge in [-0.3, -0.25) is 19.9 Å². The Hall–Kier alpha value is -2.96. The number of nitrogens with two attached hydrogens (primary N) is 1. The predicted octanol–water partition coefficient (Wildman–Crippen LogP) is 2.13. The van der Waals surface area contributed by atoms with Crippen molar-refractivity contribution >= 4 is 23.0 Å². The van der Waals surface area contributed by atoms with Gasteiger partial charge in [0.15, 0.2) is 0 Å². The number of carbonyl (C=O) groups is 1. The summed E-state index contributed by atoms with van der Waals surface area (Å²) in [6.07, 6.45) is 1.44. The molecule has 2 aromatic rings. The third-order valence-electron chi connectivity index (χ3n) is 2.67. The van der Waals surface area contributed by atoms with Crippen LogP contribution in [0.4, 0.5) is 17.1 Å². The zero-order valence-electron chi connectivity index (χ0n) is 10.7. The van der Waals surface area contributed by atoms with Gasteiger partial charge in [-0.1, -0.05) is 0 Å². The number of nitro benzene ring substituents is 1. The summed E-state index contributed by atoms with van der Waals surface area (Å²) in [6, 6.07) is 7.37. The Bertz CT molecular complexity index is 685. The van der Waals surface area contributed by atoms with Crippen molar-refractivity contribution < 1.29 is 9.72 Å². The lowest BCUT2D eigenvalue weighted by atomic mass is 10.2.